The van der Waals surface area contributed by atoms with Gasteiger partial charge in [0.25, 0.3) is 0 Å². The monoisotopic (exact) mass is 228 g/mol. The third-order valence-corrected chi connectivity index (χ3v) is 3.02. The van der Waals surface area contributed by atoms with Crippen LogP contribution in [0, 0.1) is 20.8 Å². The number of benzene rings is 1. The highest BCUT2D eigenvalue weighted by Crippen LogP contribution is 2.23. The van der Waals surface area contributed by atoms with E-state index in [4.69, 9.17) is 4.98 Å². The van der Waals surface area contributed by atoms with Crippen molar-refractivity contribution in [3.8, 4) is 0 Å². The summed E-state index contributed by atoms with van der Waals surface area (Å²) in [6, 6.07) is 6.59. The van der Waals surface area contributed by atoms with Gasteiger partial charge in [0.15, 0.2) is 0 Å². The Hall–Kier alpha value is -1.57. The quantitative estimate of drug-likeness (QED) is 0.859. The highest BCUT2D eigenvalue weighted by atomic mass is 15.0. The van der Waals surface area contributed by atoms with Crippen molar-refractivity contribution in [3.05, 3.63) is 34.9 Å². The summed E-state index contributed by atoms with van der Waals surface area (Å²) in [5, 5.41) is 4.64. The third kappa shape index (κ3) is 2.41. The van der Waals surface area contributed by atoms with Gasteiger partial charge in [0.1, 0.15) is 5.82 Å². The molecular formula is C15H20N2. The molecule has 2 rings (SSSR count). The van der Waals surface area contributed by atoms with Gasteiger partial charge in [0, 0.05) is 11.9 Å². The predicted molar refractivity (Wildman–Crippen MR) is 74.7 cm³/mol. The molecule has 1 N–H and O–H groups in total. The highest BCUT2D eigenvalue weighted by molar-refractivity contribution is 5.85. The molecule has 0 aliphatic heterocycles. The fraction of sp³-hybridized carbons (Fsp3) is 0.400. The summed E-state index contributed by atoms with van der Waals surface area (Å²) in [5.41, 5.74) is 4.88. The first-order valence-corrected chi connectivity index (χ1v) is 6.24. The largest absolute Gasteiger partial charge is 0.370 e. The molecule has 0 atom stereocenters. The van der Waals surface area contributed by atoms with Crippen molar-refractivity contribution in [1.82, 2.24) is 4.98 Å². The maximum absolute atomic E-state index is 4.72. The van der Waals surface area contributed by atoms with Crippen LogP contribution in [0.2, 0.25) is 0 Å². The lowest BCUT2D eigenvalue weighted by atomic mass is 10.0. The molecular weight excluding hydrogens is 208 g/mol. The molecule has 90 valence electrons. The zero-order valence-corrected chi connectivity index (χ0v) is 11.1. The second kappa shape index (κ2) is 4.74. The molecule has 0 saturated carbocycles. The molecule has 17 heavy (non-hydrogen) atoms. The van der Waals surface area contributed by atoms with Crippen LogP contribution in [0.25, 0.3) is 10.9 Å². The van der Waals surface area contributed by atoms with Crippen molar-refractivity contribution in [2.24, 2.45) is 0 Å². The van der Waals surface area contributed by atoms with Crippen molar-refractivity contribution in [2.75, 3.05) is 11.9 Å². The molecule has 2 heteroatoms. The minimum Gasteiger partial charge on any atom is -0.370 e. The predicted octanol–water partition coefficient (Wildman–Crippen LogP) is 3.98. The summed E-state index contributed by atoms with van der Waals surface area (Å²) < 4.78 is 0. The van der Waals surface area contributed by atoms with Crippen LogP contribution in [0.3, 0.4) is 0 Å². The van der Waals surface area contributed by atoms with Gasteiger partial charge in [-0.2, -0.15) is 0 Å². The van der Waals surface area contributed by atoms with Crippen molar-refractivity contribution in [1.29, 1.82) is 0 Å². The van der Waals surface area contributed by atoms with Gasteiger partial charge in [0.05, 0.1) is 5.52 Å². The highest BCUT2D eigenvalue weighted by Gasteiger charge is 2.05. The van der Waals surface area contributed by atoms with E-state index in [0.29, 0.717) is 0 Å². The van der Waals surface area contributed by atoms with E-state index in [1.165, 1.54) is 22.1 Å². The average Bonchev–Trinajstić information content (AvgIpc) is 2.27. The van der Waals surface area contributed by atoms with Crippen molar-refractivity contribution in [2.45, 2.75) is 34.1 Å². The van der Waals surface area contributed by atoms with Gasteiger partial charge in [0.2, 0.25) is 0 Å². The van der Waals surface area contributed by atoms with E-state index in [0.717, 1.165) is 24.3 Å². The van der Waals surface area contributed by atoms with Gasteiger partial charge in [-0.15, -0.1) is 0 Å². The number of nitrogens with one attached hydrogen (secondary N) is 1. The molecule has 2 nitrogen and oxygen atoms in total. The SMILES string of the molecule is CCCNc1nc2cc(C)cc(C)c2cc1C. The first kappa shape index (κ1) is 11.9. The first-order valence-electron chi connectivity index (χ1n) is 6.24. The molecule has 2 aromatic rings. The summed E-state index contributed by atoms with van der Waals surface area (Å²) >= 11 is 0. The van der Waals surface area contributed by atoms with Crippen LogP contribution in [0.15, 0.2) is 18.2 Å². The summed E-state index contributed by atoms with van der Waals surface area (Å²) in [5.74, 6) is 1.02. The van der Waals surface area contributed by atoms with Crippen molar-refractivity contribution >= 4 is 16.7 Å². The fourth-order valence-electron chi connectivity index (χ4n) is 2.15. The molecule has 0 unspecified atom stereocenters. The van der Waals surface area contributed by atoms with Crippen LogP contribution in [-0.4, -0.2) is 11.5 Å². The van der Waals surface area contributed by atoms with E-state index in [2.05, 4.69) is 51.2 Å². The molecule has 0 radical (unpaired) electrons. The van der Waals surface area contributed by atoms with Gasteiger partial charge >= 0.3 is 0 Å². The Kier molecular flexibility index (Phi) is 3.32. The van der Waals surface area contributed by atoms with Gasteiger partial charge < -0.3 is 5.32 Å². The van der Waals surface area contributed by atoms with E-state index < -0.39 is 0 Å². The number of fused-ring (bicyclic) bond motifs is 1. The molecule has 1 aromatic heterocycles. The smallest absolute Gasteiger partial charge is 0.129 e. The van der Waals surface area contributed by atoms with E-state index in [1.807, 2.05) is 0 Å². The molecule has 0 amide bonds. The summed E-state index contributed by atoms with van der Waals surface area (Å²) in [6.45, 7) is 9.52. The topological polar surface area (TPSA) is 24.9 Å². The lowest BCUT2D eigenvalue weighted by Crippen LogP contribution is -2.04. The van der Waals surface area contributed by atoms with Gasteiger partial charge in [-0.1, -0.05) is 13.0 Å². The van der Waals surface area contributed by atoms with Crippen molar-refractivity contribution in [3.63, 3.8) is 0 Å². The summed E-state index contributed by atoms with van der Waals surface area (Å²) in [6.07, 6.45) is 1.12. The maximum atomic E-state index is 4.72. The molecule has 1 aromatic carbocycles. The average molecular weight is 228 g/mol. The van der Waals surface area contributed by atoms with E-state index in [9.17, 15) is 0 Å². The molecule has 0 aliphatic carbocycles. The number of nitrogens with zero attached hydrogens (tertiary/aromatic N) is 1. The van der Waals surface area contributed by atoms with Crippen LogP contribution in [-0.2, 0) is 0 Å². The second-order valence-electron chi connectivity index (χ2n) is 4.73. The number of anilines is 1. The Morgan fingerprint density at radius 1 is 1.06 bits per heavy atom. The molecule has 0 bridgehead atoms. The lowest BCUT2D eigenvalue weighted by molar-refractivity contribution is 0.968. The minimum atomic E-state index is 0.976. The number of pyridine rings is 1. The fourth-order valence-corrected chi connectivity index (χ4v) is 2.15. The minimum absolute atomic E-state index is 0.976. The molecule has 1 heterocycles. The van der Waals surface area contributed by atoms with E-state index in [-0.39, 0.29) is 0 Å². The molecule has 0 saturated heterocycles. The Morgan fingerprint density at radius 2 is 1.82 bits per heavy atom. The number of aryl methyl sites for hydroxylation is 3. The lowest BCUT2D eigenvalue weighted by Gasteiger charge is -2.11. The van der Waals surface area contributed by atoms with Crippen LogP contribution in [0.1, 0.15) is 30.0 Å². The standard InChI is InChI=1S/C15H20N2/c1-5-6-16-15-12(4)9-13-11(3)7-10(2)8-14(13)17-15/h7-9H,5-6H2,1-4H3,(H,16,17). The van der Waals surface area contributed by atoms with Crippen LogP contribution in [0.5, 0.6) is 0 Å². The Morgan fingerprint density at radius 3 is 2.53 bits per heavy atom. The number of aromatic nitrogens is 1. The Balaban J connectivity index is 2.55. The third-order valence-electron chi connectivity index (χ3n) is 3.02. The normalized spacial score (nSPS) is 10.8. The van der Waals surface area contributed by atoms with E-state index >= 15 is 0 Å². The second-order valence-corrected chi connectivity index (χ2v) is 4.73. The summed E-state index contributed by atoms with van der Waals surface area (Å²) in [7, 11) is 0. The van der Waals surface area contributed by atoms with Crippen LogP contribution < -0.4 is 5.32 Å². The van der Waals surface area contributed by atoms with Gasteiger partial charge in [-0.05, 0) is 56.0 Å². The van der Waals surface area contributed by atoms with Gasteiger partial charge in [-0.3, -0.25) is 0 Å². The van der Waals surface area contributed by atoms with Crippen LogP contribution >= 0.6 is 0 Å². The van der Waals surface area contributed by atoms with Crippen LogP contribution in [0.4, 0.5) is 5.82 Å². The van der Waals surface area contributed by atoms with Gasteiger partial charge in [-0.25, -0.2) is 4.98 Å². The maximum Gasteiger partial charge on any atom is 0.129 e. The molecule has 0 fully saturated rings. The zero-order chi connectivity index (χ0) is 12.4. The van der Waals surface area contributed by atoms with E-state index in [1.54, 1.807) is 0 Å². The summed E-state index contributed by atoms with van der Waals surface area (Å²) in [4.78, 5) is 4.72. The molecule has 0 spiro atoms. The number of hydrogen-bond donors (Lipinski definition) is 1. The number of hydrogen-bond acceptors (Lipinski definition) is 2. The zero-order valence-electron chi connectivity index (χ0n) is 11.1. The molecule has 0 aliphatic rings. The number of rotatable bonds is 3. The Bertz CT molecular complexity index is 544. The van der Waals surface area contributed by atoms with Crippen molar-refractivity contribution < 1.29 is 0 Å². The Labute approximate surface area is 103 Å². The first-order chi connectivity index (χ1) is 8.11.